The quantitative estimate of drug-likeness (QED) is 0.297. The summed E-state index contributed by atoms with van der Waals surface area (Å²) in [6.07, 6.45) is 8.67. The fraction of sp³-hybridized carbons (Fsp3) is 0.478. The van der Waals surface area contributed by atoms with E-state index in [1.54, 1.807) is 18.3 Å². The lowest BCUT2D eigenvalue weighted by Crippen LogP contribution is -2.48. The number of aliphatic carboxylic acids is 1. The molecule has 0 radical (unpaired) electrons. The van der Waals surface area contributed by atoms with E-state index in [2.05, 4.69) is 17.8 Å². The van der Waals surface area contributed by atoms with Crippen LogP contribution in [-0.2, 0) is 21.1 Å². The molecule has 1 aromatic carbocycles. The molecular formula is C23H34N2O6S. The van der Waals surface area contributed by atoms with Crippen molar-refractivity contribution >= 4 is 15.8 Å². The van der Waals surface area contributed by atoms with Gasteiger partial charge in [0.05, 0.1) is 12.0 Å². The SMILES string of the molecule is CCCCCCCCC(Cc1cccnc1)(C(=O)O)S(=O)(=O)c1ccc(OC)cc1.NO. The highest BCUT2D eigenvalue weighted by Crippen LogP contribution is 2.35. The molecule has 2 aromatic rings. The molecule has 8 nitrogen and oxygen atoms in total. The maximum atomic E-state index is 13.6. The van der Waals surface area contributed by atoms with Crippen LogP contribution in [0.4, 0.5) is 0 Å². The summed E-state index contributed by atoms with van der Waals surface area (Å²) >= 11 is 0. The molecule has 9 heteroatoms. The minimum atomic E-state index is -4.17. The average Bonchev–Trinajstić information content (AvgIpc) is 2.82. The fourth-order valence-corrected chi connectivity index (χ4v) is 5.56. The van der Waals surface area contributed by atoms with Crippen LogP contribution in [0.3, 0.4) is 0 Å². The Kier molecular flexibility index (Phi) is 11.9. The molecular weight excluding hydrogens is 432 g/mol. The van der Waals surface area contributed by atoms with E-state index in [1.807, 2.05) is 0 Å². The molecule has 1 heterocycles. The molecule has 1 aromatic heterocycles. The molecule has 32 heavy (non-hydrogen) atoms. The molecule has 4 N–H and O–H groups in total. The third-order valence-corrected chi connectivity index (χ3v) is 7.87. The molecule has 0 saturated carbocycles. The maximum absolute atomic E-state index is 13.6. The maximum Gasteiger partial charge on any atom is 0.325 e. The van der Waals surface area contributed by atoms with Gasteiger partial charge >= 0.3 is 5.97 Å². The summed E-state index contributed by atoms with van der Waals surface area (Å²) in [4.78, 5) is 16.5. The number of ether oxygens (including phenoxy) is 1. The van der Waals surface area contributed by atoms with Crippen LogP contribution in [0.2, 0.25) is 0 Å². The zero-order valence-electron chi connectivity index (χ0n) is 18.7. The highest BCUT2D eigenvalue weighted by molar-refractivity contribution is 7.93. The Balaban J connectivity index is 0.00000249. The van der Waals surface area contributed by atoms with Crippen molar-refractivity contribution in [2.75, 3.05) is 7.11 Å². The molecule has 1 unspecified atom stereocenters. The number of rotatable bonds is 13. The molecule has 0 fully saturated rings. The molecule has 0 bridgehead atoms. The van der Waals surface area contributed by atoms with Gasteiger partial charge in [-0.2, -0.15) is 0 Å². The van der Waals surface area contributed by atoms with E-state index in [0.29, 0.717) is 17.7 Å². The number of benzene rings is 1. The van der Waals surface area contributed by atoms with Crippen molar-refractivity contribution in [2.24, 2.45) is 5.90 Å². The van der Waals surface area contributed by atoms with E-state index >= 15 is 0 Å². The first-order valence-electron chi connectivity index (χ1n) is 10.6. The molecule has 0 saturated heterocycles. The summed E-state index contributed by atoms with van der Waals surface area (Å²) in [5.74, 6) is 2.69. The predicted molar refractivity (Wildman–Crippen MR) is 122 cm³/mol. The third-order valence-electron chi connectivity index (χ3n) is 5.42. The number of methoxy groups -OCH3 is 1. The van der Waals surface area contributed by atoms with Crippen molar-refractivity contribution in [1.29, 1.82) is 0 Å². The Morgan fingerprint density at radius 1 is 1.06 bits per heavy atom. The van der Waals surface area contributed by atoms with Crippen LogP contribution in [0.1, 0.15) is 57.4 Å². The number of carboxylic acid groups (broad SMARTS) is 1. The number of hydrogen-bond donors (Lipinski definition) is 3. The molecule has 1 atom stereocenters. The second-order valence-corrected chi connectivity index (χ2v) is 9.79. The second kappa shape index (κ2) is 13.8. The number of sulfone groups is 1. The van der Waals surface area contributed by atoms with Gasteiger partial charge in [0.15, 0.2) is 14.6 Å². The van der Waals surface area contributed by atoms with Gasteiger partial charge in [0.2, 0.25) is 0 Å². The lowest BCUT2D eigenvalue weighted by Gasteiger charge is -2.29. The van der Waals surface area contributed by atoms with Gasteiger partial charge in [-0.25, -0.2) is 14.3 Å². The van der Waals surface area contributed by atoms with Crippen molar-refractivity contribution in [3.8, 4) is 5.75 Å². The van der Waals surface area contributed by atoms with Gasteiger partial charge in [0, 0.05) is 18.8 Å². The van der Waals surface area contributed by atoms with E-state index < -0.39 is 20.6 Å². The van der Waals surface area contributed by atoms with Crippen molar-refractivity contribution in [1.82, 2.24) is 4.98 Å². The van der Waals surface area contributed by atoms with Gasteiger partial charge < -0.3 is 15.1 Å². The summed E-state index contributed by atoms with van der Waals surface area (Å²) in [5, 5.41) is 16.7. The van der Waals surface area contributed by atoms with Crippen LogP contribution in [0, 0.1) is 0 Å². The van der Waals surface area contributed by atoms with Gasteiger partial charge in [-0.1, -0.05) is 51.5 Å². The normalized spacial score (nSPS) is 12.9. The van der Waals surface area contributed by atoms with Gasteiger partial charge in [0.1, 0.15) is 5.75 Å². The first kappa shape index (κ1) is 27.5. The number of nitrogens with zero attached hydrogens (tertiary/aromatic N) is 1. The highest BCUT2D eigenvalue weighted by atomic mass is 32.2. The van der Waals surface area contributed by atoms with Crippen molar-refractivity contribution < 1.29 is 28.3 Å². The number of pyridine rings is 1. The molecule has 2 rings (SSSR count). The van der Waals surface area contributed by atoms with E-state index in [9.17, 15) is 18.3 Å². The zero-order chi connectivity index (χ0) is 24.0. The predicted octanol–water partition coefficient (Wildman–Crippen LogP) is 4.01. The zero-order valence-corrected chi connectivity index (χ0v) is 19.6. The molecule has 0 amide bonds. The summed E-state index contributed by atoms with van der Waals surface area (Å²) < 4.78 is 30.4. The Bertz CT molecular complexity index is 904. The average molecular weight is 467 g/mol. The number of hydrogen-bond acceptors (Lipinski definition) is 7. The number of unbranched alkanes of at least 4 members (excludes halogenated alkanes) is 5. The van der Waals surface area contributed by atoms with E-state index in [-0.39, 0.29) is 17.7 Å². The van der Waals surface area contributed by atoms with Crippen LogP contribution in [-0.4, -0.2) is 41.5 Å². The number of carbonyl (C=O) groups is 1. The third kappa shape index (κ3) is 7.01. The standard InChI is InChI=1S/C23H31NO5S.H3NO/c1-3-4-5-6-7-8-15-23(22(25)26,17-19-10-9-16-24-18-19)30(27,28)21-13-11-20(29-2)12-14-21;1-2/h9-14,16,18H,3-8,15,17H2,1-2H3,(H,25,26);2H,1H2. The van der Waals surface area contributed by atoms with Crippen LogP contribution >= 0.6 is 0 Å². The second-order valence-electron chi connectivity index (χ2n) is 7.53. The molecule has 0 aliphatic rings. The summed E-state index contributed by atoms with van der Waals surface area (Å²) in [6.45, 7) is 2.13. The van der Waals surface area contributed by atoms with Crippen LogP contribution in [0.5, 0.6) is 5.75 Å². The first-order valence-corrected chi connectivity index (χ1v) is 12.1. The lowest BCUT2D eigenvalue weighted by atomic mass is 9.93. The minimum Gasteiger partial charge on any atom is -0.497 e. The summed E-state index contributed by atoms with van der Waals surface area (Å²) in [5.41, 5.74) is 0.586. The minimum absolute atomic E-state index is 0.0134. The first-order chi connectivity index (χ1) is 15.4. The van der Waals surface area contributed by atoms with Crippen LogP contribution in [0.25, 0.3) is 0 Å². The summed E-state index contributed by atoms with van der Waals surface area (Å²) in [6, 6.07) is 9.30. The number of nitrogens with two attached hydrogens (primary N) is 1. The highest BCUT2D eigenvalue weighted by Gasteiger charge is 2.51. The smallest absolute Gasteiger partial charge is 0.325 e. The Hall–Kier alpha value is -2.49. The Morgan fingerprint density at radius 3 is 2.22 bits per heavy atom. The van der Waals surface area contributed by atoms with E-state index in [0.717, 1.165) is 32.1 Å². The van der Waals surface area contributed by atoms with E-state index in [1.165, 1.54) is 37.6 Å². The Morgan fingerprint density at radius 2 is 1.69 bits per heavy atom. The van der Waals surface area contributed by atoms with Crippen molar-refractivity contribution in [3.63, 3.8) is 0 Å². The topological polar surface area (TPSA) is 140 Å². The molecule has 0 aliphatic carbocycles. The monoisotopic (exact) mass is 466 g/mol. The lowest BCUT2D eigenvalue weighted by molar-refractivity contribution is -0.140. The van der Waals surface area contributed by atoms with Gasteiger partial charge in [-0.3, -0.25) is 9.78 Å². The van der Waals surface area contributed by atoms with Crippen LogP contribution < -0.4 is 10.6 Å². The number of carboxylic acids is 1. The number of aromatic nitrogens is 1. The molecule has 0 aliphatic heterocycles. The Labute approximate surface area is 190 Å². The molecule has 178 valence electrons. The van der Waals surface area contributed by atoms with Crippen LogP contribution in [0.15, 0.2) is 53.7 Å². The van der Waals surface area contributed by atoms with Gasteiger partial charge in [0.25, 0.3) is 0 Å². The van der Waals surface area contributed by atoms with Crippen molar-refractivity contribution in [3.05, 3.63) is 54.4 Å². The van der Waals surface area contributed by atoms with Gasteiger partial charge in [-0.15, -0.1) is 0 Å². The fourth-order valence-electron chi connectivity index (χ4n) is 3.62. The summed E-state index contributed by atoms with van der Waals surface area (Å²) in [7, 11) is -2.67. The van der Waals surface area contributed by atoms with Gasteiger partial charge in [-0.05, 0) is 42.3 Å². The molecule has 0 spiro atoms. The largest absolute Gasteiger partial charge is 0.497 e. The van der Waals surface area contributed by atoms with Crippen molar-refractivity contribution in [2.45, 2.75) is 67.9 Å². The van der Waals surface area contributed by atoms with E-state index in [4.69, 9.17) is 9.94 Å².